The average molecular weight is 282 g/mol. The zero-order valence-corrected chi connectivity index (χ0v) is 11.0. The molecule has 2 rings (SSSR count). The lowest BCUT2D eigenvalue weighted by atomic mass is 10.2. The number of hydrogen-bond donors (Lipinski definition) is 2. The van der Waals surface area contributed by atoms with Gasteiger partial charge in [-0.15, -0.1) is 11.3 Å². The number of nitrogens with zero attached hydrogens (tertiary/aromatic N) is 2. The van der Waals surface area contributed by atoms with Gasteiger partial charge in [-0.1, -0.05) is 0 Å². The molecule has 19 heavy (non-hydrogen) atoms. The van der Waals surface area contributed by atoms with Crippen molar-refractivity contribution in [1.82, 2.24) is 15.2 Å². The number of anilines is 1. The smallest absolute Gasteiger partial charge is 0.239 e. The molecule has 0 saturated carbocycles. The van der Waals surface area contributed by atoms with Crippen molar-refractivity contribution in [1.29, 1.82) is 0 Å². The van der Waals surface area contributed by atoms with E-state index in [2.05, 4.69) is 15.6 Å². The van der Waals surface area contributed by atoms with Gasteiger partial charge in [0.05, 0.1) is 6.54 Å². The van der Waals surface area contributed by atoms with Crippen LogP contribution in [0.1, 0.15) is 12.8 Å². The standard InChI is InChI=1S/C11H14N4O3S/c16-8(14-11-13-4-6-19-11)1-2-10(18)15-5-3-12-9(17)7-15/h4,6H,1-3,5,7H2,(H,12,17)(H,13,14,16). The molecule has 1 fully saturated rings. The molecule has 7 nitrogen and oxygen atoms in total. The quantitative estimate of drug-likeness (QED) is 0.801. The van der Waals surface area contributed by atoms with Crippen LogP contribution in [0.4, 0.5) is 5.13 Å². The summed E-state index contributed by atoms with van der Waals surface area (Å²) in [5.74, 6) is -0.583. The summed E-state index contributed by atoms with van der Waals surface area (Å²) in [6.07, 6.45) is 1.79. The number of piperazine rings is 1. The van der Waals surface area contributed by atoms with E-state index in [1.165, 1.54) is 16.2 Å². The molecule has 0 spiro atoms. The highest BCUT2D eigenvalue weighted by atomic mass is 32.1. The van der Waals surface area contributed by atoms with Gasteiger partial charge in [-0.25, -0.2) is 4.98 Å². The Bertz CT molecular complexity index is 474. The molecule has 3 amide bonds. The third-order valence-corrected chi connectivity index (χ3v) is 3.32. The maximum Gasteiger partial charge on any atom is 0.239 e. The summed E-state index contributed by atoms with van der Waals surface area (Å²) in [6, 6.07) is 0. The van der Waals surface area contributed by atoms with Crippen LogP contribution in [0.5, 0.6) is 0 Å². The molecule has 0 aromatic carbocycles. The Hall–Kier alpha value is -1.96. The zero-order valence-electron chi connectivity index (χ0n) is 10.2. The predicted molar refractivity (Wildman–Crippen MR) is 69.6 cm³/mol. The minimum absolute atomic E-state index is 0.0763. The molecule has 8 heteroatoms. The molecule has 0 aliphatic carbocycles. The average Bonchev–Trinajstić information content (AvgIpc) is 2.88. The van der Waals surface area contributed by atoms with Crippen LogP contribution < -0.4 is 10.6 Å². The highest BCUT2D eigenvalue weighted by molar-refractivity contribution is 7.13. The van der Waals surface area contributed by atoms with Crippen LogP contribution in [0.15, 0.2) is 11.6 Å². The van der Waals surface area contributed by atoms with E-state index in [1.54, 1.807) is 11.6 Å². The molecule has 0 bridgehead atoms. The zero-order chi connectivity index (χ0) is 13.7. The number of aromatic nitrogens is 1. The predicted octanol–water partition coefficient (Wildman–Crippen LogP) is -0.180. The summed E-state index contributed by atoms with van der Waals surface area (Å²) in [6.45, 7) is 1.04. The first kappa shape index (κ1) is 13.5. The topological polar surface area (TPSA) is 91.4 Å². The van der Waals surface area contributed by atoms with E-state index < -0.39 is 0 Å². The molecule has 1 aliphatic heterocycles. The minimum Gasteiger partial charge on any atom is -0.353 e. The Morgan fingerprint density at radius 3 is 3.00 bits per heavy atom. The lowest BCUT2D eigenvalue weighted by Crippen LogP contribution is -2.50. The molecule has 2 heterocycles. The van der Waals surface area contributed by atoms with Gasteiger partial charge in [0.15, 0.2) is 5.13 Å². The van der Waals surface area contributed by atoms with Gasteiger partial charge in [-0.05, 0) is 0 Å². The van der Waals surface area contributed by atoms with Crippen LogP contribution in [0, 0.1) is 0 Å². The SMILES string of the molecule is O=C1CN(C(=O)CCC(=O)Nc2nccs2)CCN1. The van der Waals surface area contributed by atoms with E-state index in [1.807, 2.05) is 0 Å². The summed E-state index contributed by atoms with van der Waals surface area (Å²) < 4.78 is 0. The van der Waals surface area contributed by atoms with Gasteiger partial charge in [0.25, 0.3) is 0 Å². The fraction of sp³-hybridized carbons (Fsp3) is 0.455. The van der Waals surface area contributed by atoms with Gasteiger partial charge in [0.1, 0.15) is 0 Å². The second kappa shape index (κ2) is 6.28. The summed E-state index contributed by atoms with van der Waals surface area (Å²) in [5.41, 5.74) is 0. The van der Waals surface area contributed by atoms with Crippen molar-refractivity contribution in [2.24, 2.45) is 0 Å². The first-order chi connectivity index (χ1) is 9.15. The number of rotatable bonds is 4. The highest BCUT2D eigenvalue weighted by Crippen LogP contribution is 2.11. The molecule has 0 atom stereocenters. The first-order valence-corrected chi connectivity index (χ1v) is 6.77. The fourth-order valence-electron chi connectivity index (χ4n) is 1.70. The number of carbonyl (C=O) groups excluding carboxylic acids is 3. The molecule has 0 unspecified atom stereocenters. The Balaban J connectivity index is 1.73. The first-order valence-electron chi connectivity index (χ1n) is 5.89. The summed E-state index contributed by atoms with van der Waals surface area (Å²) in [4.78, 5) is 39.9. The van der Waals surface area contributed by atoms with Gasteiger partial charge in [-0.2, -0.15) is 0 Å². The van der Waals surface area contributed by atoms with Gasteiger partial charge in [-0.3, -0.25) is 14.4 Å². The van der Waals surface area contributed by atoms with Gasteiger partial charge in [0.2, 0.25) is 17.7 Å². The molecule has 102 valence electrons. The van der Waals surface area contributed by atoms with Crippen molar-refractivity contribution in [3.05, 3.63) is 11.6 Å². The molecule has 1 aliphatic rings. The van der Waals surface area contributed by atoms with E-state index in [-0.39, 0.29) is 37.1 Å². The van der Waals surface area contributed by atoms with Gasteiger partial charge < -0.3 is 15.5 Å². The van der Waals surface area contributed by atoms with E-state index in [0.29, 0.717) is 18.2 Å². The summed E-state index contributed by atoms with van der Waals surface area (Å²) >= 11 is 1.32. The second-order valence-corrected chi connectivity index (χ2v) is 4.95. The van der Waals surface area contributed by atoms with Crippen molar-refractivity contribution < 1.29 is 14.4 Å². The maximum atomic E-state index is 11.8. The Morgan fingerprint density at radius 2 is 2.32 bits per heavy atom. The van der Waals surface area contributed by atoms with Crippen LogP contribution in [0.2, 0.25) is 0 Å². The van der Waals surface area contributed by atoms with Crippen molar-refractivity contribution in [3.63, 3.8) is 0 Å². The van der Waals surface area contributed by atoms with Crippen LogP contribution in [0.25, 0.3) is 0 Å². The maximum absolute atomic E-state index is 11.8. The molecule has 1 aromatic heterocycles. The van der Waals surface area contributed by atoms with Crippen molar-refractivity contribution >= 4 is 34.2 Å². The minimum atomic E-state index is -0.246. The fourth-order valence-corrected chi connectivity index (χ4v) is 2.24. The molecular formula is C11H14N4O3S. The van der Waals surface area contributed by atoms with Crippen LogP contribution in [-0.4, -0.2) is 47.2 Å². The monoisotopic (exact) mass is 282 g/mol. The molecule has 1 aromatic rings. The molecule has 1 saturated heterocycles. The summed E-state index contributed by atoms with van der Waals surface area (Å²) in [7, 11) is 0. The van der Waals surface area contributed by atoms with E-state index in [0.717, 1.165) is 0 Å². The van der Waals surface area contributed by atoms with Crippen molar-refractivity contribution in [2.45, 2.75) is 12.8 Å². The number of nitrogens with one attached hydrogen (secondary N) is 2. The van der Waals surface area contributed by atoms with E-state index in [9.17, 15) is 14.4 Å². The third kappa shape index (κ3) is 4.02. The normalized spacial score (nSPS) is 14.9. The molecule has 2 N–H and O–H groups in total. The van der Waals surface area contributed by atoms with E-state index >= 15 is 0 Å². The van der Waals surface area contributed by atoms with Crippen molar-refractivity contribution in [2.75, 3.05) is 25.0 Å². The Labute approximate surface area is 114 Å². The second-order valence-electron chi connectivity index (χ2n) is 4.05. The lowest BCUT2D eigenvalue weighted by Gasteiger charge is -2.26. The Kier molecular flexibility index (Phi) is 4.45. The van der Waals surface area contributed by atoms with Gasteiger partial charge >= 0.3 is 0 Å². The summed E-state index contributed by atoms with van der Waals surface area (Å²) in [5, 5.41) is 7.53. The van der Waals surface area contributed by atoms with Crippen LogP contribution >= 0.6 is 11.3 Å². The highest BCUT2D eigenvalue weighted by Gasteiger charge is 2.21. The molecular weight excluding hydrogens is 268 g/mol. The van der Waals surface area contributed by atoms with Crippen molar-refractivity contribution in [3.8, 4) is 0 Å². The Morgan fingerprint density at radius 1 is 1.47 bits per heavy atom. The number of carbonyl (C=O) groups is 3. The molecule has 0 radical (unpaired) electrons. The van der Waals surface area contributed by atoms with Gasteiger partial charge in [0, 0.05) is 37.5 Å². The number of hydrogen-bond acceptors (Lipinski definition) is 5. The number of amides is 3. The lowest BCUT2D eigenvalue weighted by molar-refractivity contribution is -0.138. The van der Waals surface area contributed by atoms with Crippen LogP contribution in [0.3, 0.4) is 0 Å². The largest absolute Gasteiger partial charge is 0.353 e. The third-order valence-electron chi connectivity index (χ3n) is 2.64. The van der Waals surface area contributed by atoms with Crippen LogP contribution in [-0.2, 0) is 14.4 Å². The van der Waals surface area contributed by atoms with E-state index in [4.69, 9.17) is 0 Å². The number of thiazole rings is 1.